The van der Waals surface area contributed by atoms with Gasteiger partial charge in [-0.1, -0.05) is 41.9 Å². The van der Waals surface area contributed by atoms with E-state index in [0.717, 1.165) is 29.8 Å². The number of benzene rings is 2. The lowest BCUT2D eigenvalue weighted by Crippen LogP contribution is -2.13. The monoisotopic (exact) mass is 433 g/mol. The van der Waals surface area contributed by atoms with Crippen LogP contribution in [0.15, 0.2) is 54.6 Å². The van der Waals surface area contributed by atoms with E-state index in [1.165, 1.54) is 0 Å². The first kappa shape index (κ1) is 19.4. The molecule has 1 aliphatic carbocycles. The van der Waals surface area contributed by atoms with Crippen LogP contribution in [0.25, 0.3) is 11.4 Å². The lowest BCUT2D eigenvalue weighted by molar-refractivity contribution is 0.102. The fourth-order valence-corrected chi connectivity index (χ4v) is 3.84. The molecule has 1 N–H and O–H groups in total. The Hall–Kier alpha value is -3.52. The van der Waals surface area contributed by atoms with E-state index in [9.17, 15) is 4.79 Å². The molecule has 1 aliphatic rings. The quantitative estimate of drug-likeness (QED) is 0.493. The minimum absolute atomic E-state index is 0.294. The van der Waals surface area contributed by atoms with Gasteiger partial charge in [-0.2, -0.15) is 5.10 Å². The van der Waals surface area contributed by atoms with Gasteiger partial charge in [-0.25, -0.2) is 9.36 Å². The number of rotatable bonds is 6. The summed E-state index contributed by atoms with van der Waals surface area (Å²) in [5.74, 6) is 0.443. The van der Waals surface area contributed by atoms with Crippen molar-refractivity contribution in [2.24, 2.45) is 0 Å². The Bertz CT molecular complexity index is 1230. The lowest BCUT2D eigenvalue weighted by atomic mass is 10.2. The van der Waals surface area contributed by atoms with E-state index in [0.29, 0.717) is 34.7 Å². The lowest BCUT2D eigenvalue weighted by Gasteiger charge is -2.07. The normalized spacial score (nSPS) is 13.4. The average Bonchev–Trinajstić information content (AvgIpc) is 3.43. The highest BCUT2D eigenvalue weighted by Gasteiger charge is 2.28. The third-order valence-electron chi connectivity index (χ3n) is 5.25. The van der Waals surface area contributed by atoms with Gasteiger partial charge in [0.15, 0.2) is 5.82 Å². The molecular weight excluding hydrogens is 414 g/mol. The van der Waals surface area contributed by atoms with Crippen LogP contribution in [0.4, 0.5) is 5.69 Å². The number of tetrazole rings is 1. The first-order chi connectivity index (χ1) is 15.1. The standard InChI is InChI=1S/C22H20ClN7O/c1-14-19(20(23)29(26-14)13-15-5-3-2-4-6-15)22(31)24-17-9-7-16(8-10-17)21-25-27-28-30(21)18-11-12-18/h2-10,18H,11-13H2,1H3,(H,24,31). The molecule has 2 heterocycles. The number of nitrogens with one attached hydrogen (secondary N) is 1. The van der Waals surface area contributed by atoms with Crippen molar-refractivity contribution >= 4 is 23.2 Å². The highest BCUT2D eigenvalue weighted by molar-refractivity contribution is 6.33. The summed E-state index contributed by atoms with van der Waals surface area (Å²) in [5, 5.41) is 19.7. The maximum absolute atomic E-state index is 12.9. The molecule has 0 bridgehead atoms. The summed E-state index contributed by atoms with van der Waals surface area (Å²) in [6.07, 6.45) is 2.20. The number of carbonyl (C=O) groups excluding carboxylic acids is 1. The molecule has 1 amide bonds. The number of amides is 1. The summed E-state index contributed by atoms with van der Waals surface area (Å²) in [4.78, 5) is 12.9. The molecule has 5 rings (SSSR count). The second kappa shape index (κ2) is 7.96. The van der Waals surface area contributed by atoms with Crippen molar-refractivity contribution in [2.75, 3.05) is 5.32 Å². The number of anilines is 1. The molecule has 0 atom stereocenters. The maximum Gasteiger partial charge on any atom is 0.260 e. The van der Waals surface area contributed by atoms with Crippen LogP contribution >= 0.6 is 11.6 Å². The number of carbonyl (C=O) groups is 1. The highest BCUT2D eigenvalue weighted by atomic mass is 35.5. The molecule has 31 heavy (non-hydrogen) atoms. The van der Waals surface area contributed by atoms with E-state index >= 15 is 0 Å². The van der Waals surface area contributed by atoms with Crippen molar-refractivity contribution in [3.8, 4) is 11.4 Å². The van der Waals surface area contributed by atoms with Crippen LogP contribution in [0.3, 0.4) is 0 Å². The van der Waals surface area contributed by atoms with E-state index < -0.39 is 0 Å². The van der Waals surface area contributed by atoms with Crippen molar-refractivity contribution < 1.29 is 4.79 Å². The maximum atomic E-state index is 12.9. The Morgan fingerprint density at radius 1 is 1.13 bits per heavy atom. The van der Waals surface area contributed by atoms with Gasteiger partial charge in [-0.05, 0) is 60.0 Å². The van der Waals surface area contributed by atoms with Gasteiger partial charge in [-0.15, -0.1) is 5.10 Å². The zero-order valence-corrected chi connectivity index (χ0v) is 17.6. The number of nitrogens with zero attached hydrogens (tertiary/aromatic N) is 6. The van der Waals surface area contributed by atoms with Crippen LogP contribution in [0.1, 0.15) is 40.5 Å². The SMILES string of the molecule is Cc1nn(Cc2ccccc2)c(Cl)c1C(=O)Nc1ccc(-c2nnnn2C2CC2)cc1. The van der Waals surface area contributed by atoms with Gasteiger partial charge in [0, 0.05) is 11.3 Å². The van der Waals surface area contributed by atoms with Crippen molar-refractivity contribution in [3.63, 3.8) is 0 Å². The van der Waals surface area contributed by atoms with Crippen LogP contribution < -0.4 is 5.32 Å². The van der Waals surface area contributed by atoms with Crippen LogP contribution in [-0.2, 0) is 6.54 Å². The minimum Gasteiger partial charge on any atom is -0.322 e. The molecule has 9 heteroatoms. The van der Waals surface area contributed by atoms with Gasteiger partial charge in [0.2, 0.25) is 0 Å². The first-order valence-corrected chi connectivity index (χ1v) is 10.4. The molecule has 0 radical (unpaired) electrons. The zero-order valence-electron chi connectivity index (χ0n) is 16.9. The molecule has 156 valence electrons. The predicted octanol–water partition coefficient (Wildman–Crippen LogP) is 4.13. The van der Waals surface area contributed by atoms with Crippen LogP contribution in [0.2, 0.25) is 5.15 Å². The van der Waals surface area contributed by atoms with Crippen molar-refractivity contribution in [3.05, 3.63) is 76.6 Å². The summed E-state index contributed by atoms with van der Waals surface area (Å²) >= 11 is 6.50. The second-order valence-corrected chi connectivity index (χ2v) is 7.96. The minimum atomic E-state index is -0.294. The van der Waals surface area contributed by atoms with Gasteiger partial charge < -0.3 is 5.32 Å². The van der Waals surface area contributed by atoms with Gasteiger partial charge in [0.05, 0.1) is 23.8 Å². The third-order valence-corrected chi connectivity index (χ3v) is 5.64. The van der Waals surface area contributed by atoms with Gasteiger partial charge in [-0.3, -0.25) is 4.79 Å². The van der Waals surface area contributed by atoms with E-state index in [-0.39, 0.29) is 5.91 Å². The molecule has 0 aliphatic heterocycles. The number of hydrogen-bond donors (Lipinski definition) is 1. The highest BCUT2D eigenvalue weighted by Crippen LogP contribution is 2.36. The number of aromatic nitrogens is 6. The van der Waals surface area contributed by atoms with E-state index in [1.807, 2.05) is 59.3 Å². The Morgan fingerprint density at radius 2 is 1.87 bits per heavy atom. The molecule has 1 saturated carbocycles. The molecule has 2 aromatic heterocycles. The fourth-order valence-electron chi connectivity index (χ4n) is 3.52. The van der Waals surface area contributed by atoms with Crippen LogP contribution in [0, 0.1) is 6.92 Å². The van der Waals surface area contributed by atoms with Crippen molar-refractivity contribution in [2.45, 2.75) is 32.4 Å². The Labute approximate surface area is 183 Å². The predicted molar refractivity (Wildman–Crippen MR) is 117 cm³/mol. The van der Waals surface area contributed by atoms with Crippen molar-refractivity contribution in [1.29, 1.82) is 0 Å². The number of aryl methyl sites for hydroxylation is 1. The average molecular weight is 434 g/mol. The number of hydrogen-bond acceptors (Lipinski definition) is 5. The first-order valence-electron chi connectivity index (χ1n) is 10.1. The van der Waals surface area contributed by atoms with Crippen LogP contribution in [0.5, 0.6) is 0 Å². The van der Waals surface area contributed by atoms with Crippen molar-refractivity contribution in [1.82, 2.24) is 30.0 Å². The van der Waals surface area contributed by atoms with Gasteiger partial charge >= 0.3 is 0 Å². The molecule has 1 fully saturated rings. The van der Waals surface area contributed by atoms with Gasteiger partial charge in [0.25, 0.3) is 5.91 Å². The molecule has 0 spiro atoms. The third kappa shape index (κ3) is 3.94. The Balaban J connectivity index is 1.32. The summed E-state index contributed by atoms with van der Waals surface area (Å²) in [7, 11) is 0. The largest absolute Gasteiger partial charge is 0.322 e. The molecule has 0 saturated heterocycles. The molecule has 2 aromatic carbocycles. The van der Waals surface area contributed by atoms with E-state index in [2.05, 4.69) is 25.9 Å². The fraction of sp³-hybridized carbons (Fsp3) is 0.227. The summed E-state index contributed by atoms with van der Waals surface area (Å²) in [6.45, 7) is 2.28. The molecule has 0 unspecified atom stereocenters. The summed E-state index contributed by atoms with van der Waals surface area (Å²) < 4.78 is 3.50. The smallest absolute Gasteiger partial charge is 0.260 e. The van der Waals surface area contributed by atoms with Crippen LogP contribution in [-0.4, -0.2) is 35.9 Å². The molecule has 8 nitrogen and oxygen atoms in total. The zero-order chi connectivity index (χ0) is 21.4. The Kier molecular flexibility index (Phi) is 4.99. The van der Waals surface area contributed by atoms with E-state index in [1.54, 1.807) is 11.6 Å². The van der Waals surface area contributed by atoms with E-state index in [4.69, 9.17) is 11.6 Å². The summed E-state index contributed by atoms with van der Waals surface area (Å²) in [6, 6.07) is 17.7. The number of halogens is 1. The molecule has 4 aromatic rings. The van der Waals surface area contributed by atoms with Gasteiger partial charge in [0.1, 0.15) is 5.15 Å². The topological polar surface area (TPSA) is 90.5 Å². The molecular formula is C22H20ClN7O. The Morgan fingerprint density at radius 3 is 2.58 bits per heavy atom. The second-order valence-electron chi connectivity index (χ2n) is 7.60. The summed E-state index contributed by atoms with van der Waals surface area (Å²) in [5.41, 5.74) is 3.58.